The Hall–Kier alpha value is 2.11. The third kappa shape index (κ3) is 4.21. The van der Waals surface area contributed by atoms with Crippen molar-refractivity contribution in [2.24, 2.45) is 0 Å². The molecule has 1 aliphatic rings. The first-order valence-corrected chi connectivity index (χ1v) is 3.90. The molecule has 0 saturated carbocycles. The van der Waals surface area contributed by atoms with Crippen LogP contribution in [0.3, 0.4) is 0 Å². The quantitative estimate of drug-likeness (QED) is 0.243. The van der Waals surface area contributed by atoms with Gasteiger partial charge in [0.15, 0.2) is 5.85 Å². The average molecular weight is 186 g/mol. The van der Waals surface area contributed by atoms with E-state index in [9.17, 15) is 4.57 Å². The third-order valence-corrected chi connectivity index (χ3v) is 2.22. The summed E-state index contributed by atoms with van der Waals surface area (Å²) in [5, 5.41) is 0. The summed E-state index contributed by atoms with van der Waals surface area (Å²) < 4.78 is 14.7. The molecule has 2 N–H and O–H groups in total. The van der Waals surface area contributed by atoms with Gasteiger partial charge in [-0.2, -0.15) is 0 Å². The molecule has 0 bridgehead atoms. The van der Waals surface area contributed by atoms with Gasteiger partial charge in [-0.15, -0.1) is 0 Å². The molecule has 4 nitrogen and oxygen atoms in total. The Morgan fingerprint density at radius 3 is 1.80 bits per heavy atom. The van der Waals surface area contributed by atoms with Gasteiger partial charge in [0.25, 0.3) is 0 Å². The Kier molecular flexibility index (Phi) is 7.27. The normalized spacial score (nSPS) is 29.9. The standard InChI is InChI=1S/C3H7O4P.2Na.2H/c1-2-3(7-2)8(4,5)6;;;;/h2-3H,1H3,(H2,4,5,6);;;;/q;2*+1;2*-1/t2-,3+;;;;/m0..../s1. The Labute approximate surface area is 106 Å². The second-order valence-corrected chi connectivity index (χ2v) is 3.51. The minimum Gasteiger partial charge on any atom is -1.00 e. The zero-order valence-electron chi connectivity index (χ0n) is 8.31. The van der Waals surface area contributed by atoms with Crippen LogP contribution in [0.15, 0.2) is 0 Å². The van der Waals surface area contributed by atoms with Crippen LogP contribution in [0, 0.1) is 0 Å². The largest absolute Gasteiger partial charge is 1.00 e. The number of rotatable bonds is 1. The molecule has 0 aromatic rings. The Bertz CT molecular complexity index is 153. The molecular weight excluding hydrogens is 177 g/mol. The Balaban J connectivity index is -0.0000000800. The van der Waals surface area contributed by atoms with Gasteiger partial charge in [0, 0.05) is 0 Å². The molecule has 1 rings (SSSR count). The van der Waals surface area contributed by atoms with Crippen LogP contribution in [0.2, 0.25) is 0 Å². The first-order valence-electron chi connectivity index (χ1n) is 2.22. The maximum Gasteiger partial charge on any atom is 1.00 e. The molecule has 10 heavy (non-hydrogen) atoms. The van der Waals surface area contributed by atoms with Gasteiger partial charge < -0.3 is 17.4 Å². The molecule has 7 heteroatoms. The van der Waals surface area contributed by atoms with Crippen molar-refractivity contribution in [3.8, 4) is 0 Å². The van der Waals surface area contributed by atoms with Crippen LogP contribution in [-0.4, -0.2) is 21.7 Å². The van der Waals surface area contributed by atoms with E-state index in [0.29, 0.717) is 0 Å². The van der Waals surface area contributed by atoms with Crippen LogP contribution in [0.5, 0.6) is 0 Å². The van der Waals surface area contributed by atoms with Crippen molar-refractivity contribution in [2.75, 3.05) is 0 Å². The Morgan fingerprint density at radius 2 is 1.80 bits per heavy atom. The van der Waals surface area contributed by atoms with Gasteiger partial charge in [-0.3, -0.25) is 4.57 Å². The first kappa shape index (κ1) is 14.6. The van der Waals surface area contributed by atoms with E-state index in [4.69, 9.17) is 9.79 Å². The summed E-state index contributed by atoms with van der Waals surface area (Å²) in [6.07, 6.45) is -0.254. The van der Waals surface area contributed by atoms with E-state index < -0.39 is 13.4 Å². The molecule has 0 spiro atoms. The number of hydrogen-bond acceptors (Lipinski definition) is 2. The van der Waals surface area contributed by atoms with Crippen LogP contribution in [0.1, 0.15) is 9.78 Å². The SMILES string of the molecule is C[C@@H]1O[C@@H]1P(=O)(O)O.[H-].[H-].[Na+].[Na+]. The van der Waals surface area contributed by atoms with Crippen molar-refractivity contribution >= 4 is 7.60 Å². The van der Waals surface area contributed by atoms with E-state index in [1.807, 2.05) is 0 Å². The predicted octanol–water partition coefficient (Wildman–Crippen LogP) is -5.86. The summed E-state index contributed by atoms with van der Waals surface area (Å²) in [6, 6.07) is 0. The fourth-order valence-electron chi connectivity index (χ4n) is 0.527. The third-order valence-electron chi connectivity index (χ3n) is 1.01. The smallest absolute Gasteiger partial charge is 1.00 e. The predicted molar refractivity (Wildman–Crippen MR) is 28.6 cm³/mol. The van der Waals surface area contributed by atoms with E-state index >= 15 is 0 Å². The molecule has 1 fully saturated rings. The molecule has 52 valence electrons. The van der Waals surface area contributed by atoms with E-state index in [2.05, 4.69) is 4.74 Å². The van der Waals surface area contributed by atoms with E-state index in [0.717, 1.165) is 0 Å². The van der Waals surface area contributed by atoms with Crippen LogP contribution in [0.25, 0.3) is 0 Å². The van der Waals surface area contributed by atoms with Gasteiger partial charge in [-0.05, 0) is 6.92 Å². The summed E-state index contributed by atoms with van der Waals surface area (Å²) >= 11 is 0. The van der Waals surface area contributed by atoms with Gasteiger partial charge in [0.1, 0.15) is 0 Å². The van der Waals surface area contributed by atoms with Gasteiger partial charge >= 0.3 is 66.7 Å². The van der Waals surface area contributed by atoms with Crippen LogP contribution >= 0.6 is 7.60 Å². The van der Waals surface area contributed by atoms with Gasteiger partial charge in [-0.1, -0.05) is 0 Å². The molecule has 1 aliphatic heterocycles. The van der Waals surface area contributed by atoms with E-state index in [-0.39, 0.29) is 68.1 Å². The maximum atomic E-state index is 10.2. The number of hydrogen-bond donors (Lipinski definition) is 2. The van der Waals surface area contributed by atoms with Gasteiger partial charge in [0.05, 0.1) is 6.10 Å². The fraction of sp³-hybridized carbons (Fsp3) is 1.00. The molecule has 2 atom stereocenters. The van der Waals surface area contributed by atoms with Gasteiger partial charge in [-0.25, -0.2) is 0 Å². The minimum atomic E-state index is -3.90. The van der Waals surface area contributed by atoms with Crippen molar-refractivity contribution in [1.29, 1.82) is 0 Å². The number of ether oxygens (including phenoxy) is 1. The average Bonchev–Trinajstić information content (AvgIpc) is 2.13. The topological polar surface area (TPSA) is 70.1 Å². The van der Waals surface area contributed by atoms with Crippen molar-refractivity contribution in [3.05, 3.63) is 0 Å². The summed E-state index contributed by atoms with van der Waals surface area (Å²) in [7, 11) is -3.90. The van der Waals surface area contributed by atoms with Crippen LogP contribution < -0.4 is 59.1 Å². The molecule has 0 amide bonds. The van der Waals surface area contributed by atoms with Crippen molar-refractivity contribution in [1.82, 2.24) is 0 Å². The molecule has 1 saturated heterocycles. The summed E-state index contributed by atoms with van der Waals surface area (Å²) in [4.78, 5) is 16.6. The van der Waals surface area contributed by atoms with Crippen molar-refractivity contribution in [3.63, 3.8) is 0 Å². The maximum absolute atomic E-state index is 10.2. The molecule has 0 aromatic heterocycles. The molecule has 1 heterocycles. The van der Waals surface area contributed by atoms with Crippen LogP contribution in [-0.2, 0) is 9.30 Å². The molecule has 0 radical (unpaired) electrons. The fourth-order valence-corrected chi connectivity index (χ4v) is 1.42. The van der Waals surface area contributed by atoms with Crippen LogP contribution in [0.4, 0.5) is 0 Å². The minimum absolute atomic E-state index is 0. The molecule has 0 unspecified atom stereocenters. The van der Waals surface area contributed by atoms with E-state index in [1.54, 1.807) is 6.92 Å². The number of epoxide rings is 1. The zero-order chi connectivity index (χ0) is 6.36. The van der Waals surface area contributed by atoms with Crippen molar-refractivity contribution < 1.29 is 81.1 Å². The first-order chi connectivity index (χ1) is 3.52. The van der Waals surface area contributed by atoms with Gasteiger partial charge in [0.2, 0.25) is 0 Å². The Morgan fingerprint density at radius 1 is 1.50 bits per heavy atom. The second kappa shape index (κ2) is 4.97. The van der Waals surface area contributed by atoms with Crippen molar-refractivity contribution in [2.45, 2.75) is 18.9 Å². The molecular formula is C3H9Na2O4P. The van der Waals surface area contributed by atoms with E-state index in [1.165, 1.54) is 0 Å². The molecule has 0 aliphatic carbocycles. The summed E-state index contributed by atoms with van der Waals surface area (Å²) in [5.74, 6) is -0.817. The molecule has 0 aromatic carbocycles. The monoisotopic (exact) mass is 186 g/mol. The summed E-state index contributed by atoms with van der Waals surface area (Å²) in [6.45, 7) is 1.63. The summed E-state index contributed by atoms with van der Waals surface area (Å²) in [5.41, 5.74) is 0. The second-order valence-electron chi connectivity index (χ2n) is 1.82. The zero-order valence-corrected chi connectivity index (χ0v) is 11.2.